The molecule has 4 heteroatoms. The second-order valence-corrected chi connectivity index (χ2v) is 5.34. The van der Waals surface area contributed by atoms with Crippen LogP contribution in [0, 0.1) is 5.92 Å². The zero-order valence-corrected chi connectivity index (χ0v) is 10.6. The molecule has 1 N–H and O–H groups in total. The number of rotatable bonds is 4. The molecular formula is C13H22N4. The average Bonchev–Trinajstić information content (AvgIpc) is 3.11. The van der Waals surface area contributed by atoms with E-state index in [1.807, 2.05) is 17.9 Å². The van der Waals surface area contributed by atoms with E-state index in [4.69, 9.17) is 0 Å². The van der Waals surface area contributed by atoms with Crippen LogP contribution in [0.4, 0.5) is 0 Å². The summed E-state index contributed by atoms with van der Waals surface area (Å²) < 4.78 is 1.99. The zero-order chi connectivity index (χ0) is 11.7. The van der Waals surface area contributed by atoms with Crippen molar-refractivity contribution < 1.29 is 0 Å². The Morgan fingerprint density at radius 2 is 2.35 bits per heavy atom. The van der Waals surface area contributed by atoms with Gasteiger partial charge in [0.2, 0.25) is 0 Å². The van der Waals surface area contributed by atoms with Gasteiger partial charge in [0.1, 0.15) is 0 Å². The lowest BCUT2D eigenvalue weighted by molar-refractivity contribution is 0.144. The first kappa shape index (κ1) is 11.2. The fraction of sp³-hybridized carbons (Fsp3) is 0.769. The minimum atomic E-state index is 0.789. The number of nitrogens with zero attached hydrogens (tertiary/aromatic N) is 3. The molecule has 17 heavy (non-hydrogen) atoms. The van der Waals surface area contributed by atoms with Crippen LogP contribution in [0.25, 0.3) is 0 Å². The number of aryl methyl sites for hydroxylation is 1. The van der Waals surface area contributed by atoms with Crippen LogP contribution in [0.3, 0.4) is 0 Å². The van der Waals surface area contributed by atoms with E-state index < -0.39 is 0 Å². The predicted molar refractivity (Wildman–Crippen MR) is 67.9 cm³/mol. The third kappa shape index (κ3) is 2.53. The monoisotopic (exact) mass is 234 g/mol. The maximum absolute atomic E-state index is 4.23. The normalized spacial score (nSPS) is 26.3. The first-order valence-electron chi connectivity index (χ1n) is 6.76. The van der Waals surface area contributed by atoms with Crippen LogP contribution in [0.2, 0.25) is 0 Å². The maximum atomic E-state index is 4.23. The molecule has 1 unspecified atom stereocenters. The second-order valence-electron chi connectivity index (χ2n) is 5.34. The Hall–Kier alpha value is -0.870. The molecule has 4 nitrogen and oxygen atoms in total. The predicted octanol–water partition coefficient (Wildman–Crippen LogP) is 0.646. The fourth-order valence-corrected chi connectivity index (χ4v) is 2.90. The highest BCUT2D eigenvalue weighted by Gasteiger charge is 2.36. The molecule has 0 spiro atoms. The van der Waals surface area contributed by atoms with Crippen LogP contribution < -0.4 is 5.32 Å². The van der Waals surface area contributed by atoms with E-state index >= 15 is 0 Å². The number of hydrogen-bond acceptors (Lipinski definition) is 3. The molecular weight excluding hydrogens is 212 g/mol. The molecule has 1 saturated heterocycles. The van der Waals surface area contributed by atoms with Gasteiger partial charge in [0.05, 0.1) is 0 Å². The topological polar surface area (TPSA) is 33.1 Å². The zero-order valence-electron chi connectivity index (χ0n) is 10.6. The van der Waals surface area contributed by atoms with Gasteiger partial charge in [0.15, 0.2) is 0 Å². The molecule has 1 atom stereocenters. The molecule has 3 rings (SSSR count). The van der Waals surface area contributed by atoms with E-state index in [9.17, 15) is 0 Å². The van der Waals surface area contributed by atoms with Gasteiger partial charge in [-0.2, -0.15) is 5.10 Å². The number of nitrogens with one attached hydrogen (secondary N) is 1. The van der Waals surface area contributed by atoms with Crippen molar-refractivity contribution in [2.24, 2.45) is 13.0 Å². The van der Waals surface area contributed by atoms with E-state index in [-0.39, 0.29) is 0 Å². The summed E-state index contributed by atoms with van der Waals surface area (Å²) in [6, 6.07) is 2.92. The van der Waals surface area contributed by atoms with Crippen LogP contribution in [0.15, 0.2) is 12.3 Å². The van der Waals surface area contributed by atoms with Gasteiger partial charge in [-0.1, -0.05) is 0 Å². The first-order valence-corrected chi connectivity index (χ1v) is 6.76. The highest BCUT2D eigenvalue weighted by Crippen LogP contribution is 2.35. The largest absolute Gasteiger partial charge is 0.314 e. The van der Waals surface area contributed by atoms with Gasteiger partial charge in [0.25, 0.3) is 0 Å². The Morgan fingerprint density at radius 3 is 3.06 bits per heavy atom. The fourth-order valence-electron chi connectivity index (χ4n) is 2.90. The van der Waals surface area contributed by atoms with Crippen molar-refractivity contribution in [3.63, 3.8) is 0 Å². The quantitative estimate of drug-likeness (QED) is 0.830. The molecule has 94 valence electrons. The Bertz CT molecular complexity index is 369. The van der Waals surface area contributed by atoms with Crippen molar-refractivity contribution >= 4 is 0 Å². The maximum Gasteiger partial charge on any atom is 0.0492 e. The van der Waals surface area contributed by atoms with E-state index in [0.29, 0.717) is 0 Å². The van der Waals surface area contributed by atoms with Gasteiger partial charge >= 0.3 is 0 Å². The molecule has 2 heterocycles. The lowest BCUT2D eigenvalue weighted by Gasteiger charge is -2.36. The summed E-state index contributed by atoms with van der Waals surface area (Å²) in [5, 5.41) is 7.76. The molecule has 0 bridgehead atoms. The van der Waals surface area contributed by atoms with Crippen molar-refractivity contribution in [1.29, 1.82) is 0 Å². The summed E-state index contributed by atoms with van der Waals surface area (Å²) in [6.07, 6.45) is 5.90. The molecule has 1 aromatic rings. The molecule has 0 radical (unpaired) electrons. The molecule has 1 aromatic heterocycles. The molecule has 1 saturated carbocycles. The summed E-state index contributed by atoms with van der Waals surface area (Å²) >= 11 is 0. The van der Waals surface area contributed by atoms with Crippen LogP contribution in [0.5, 0.6) is 0 Å². The van der Waals surface area contributed by atoms with E-state index in [2.05, 4.69) is 21.4 Å². The van der Waals surface area contributed by atoms with Gasteiger partial charge in [-0.15, -0.1) is 0 Å². The van der Waals surface area contributed by atoms with Crippen LogP contribution >= 0.6 is 0 Å². The smallest absolute Gasteiger partial charge is 0.0492 e. The lowest BCUT2D eigenvalue weighted by Crippen LogP contribution is -2.52. The summed E-state index contributed by atoms with van der Waals surface area (Å²) in [6.45, 7) is 4.73. The summed E-state index contributed by atoms with van der Waals surface area (Å²) in [7, 11) is 2.03. The number of hydrogen-bond donors (Lipinski definition) is 1. The highest BCUT2D eigenvalue weighted by atomic mass is 15.3. The third-order valence-electron chi connectivity index (χ3n) is 4.14. The van der Waals surface area contributed by atoms with Crippen molar-refractivity contribution in [2.75, 3.05) is 26.2 Å². The summed E-state index contributed by atoms with van der Waals surface area (Å²) in [4.78, 5) is 2.68. The van der Waals surface area contributed by atoms with Gasteiger partial charge in [-0.3, -0.25) is 9.58 Å². The lowest BCUT2D eigenvalue weighted by atomic mass is 10.1. The van der Waals surface area contributed by atoms with Crippen molar-refractivity contribution in [3.8, 4) is 0 Å². The van der Waals surface area contributed by atoms with Crippen LogP contribution in [-0.4, -0.2) is 46.9 Å². The second kappa shape index (κ2) is 4.78. The van der Waals surface area contributed by atoms with Gasteiger partial charge < -0.3 is 5.32 Å². The third-order valence-corrected chi connectivity index (χ3v) is 4.14. The standard InChI is InChI=1S/C13H22N4/c1-16-12(4-6-15-16)5-8-17-9-7-14-10-13(17)11-2-3-11/h4,6,11,13-14H,2-3,5,7-10H2,1H3. The van der Waals surface area contributed by atoms with Gasteiger partial charge in [0, 0.05) is 57.6 Å². The van der Waals surface area contributed by atoms with Gasteiger partial charge in [-0.25, -0.2) is 0 Å². The number of piperazine rings is 1. The van der Waals surface area contributed by atoms with Crippen molar-refractivity contribution in [3.05, 3.63) is 18.0 Å². The van der Waals surface area contributed by atoms with E-state index in [0.717, 1.165) is 24.9 Å². The highest BCUT2D eigenvalue weighted by molar-refractivity contribution is 5.01. The SMILES string of the molecule is Cn1nccc1CCN1CCNCC1C1CC1. The Morgan fingerprint density at radius 1 is 1.47 bits per heavy atom. The summed E-state index contributed by atoms with van der Waals surface area (Å²) in [5.74, 6) is 0.967. The molecule has 0 amide bonds. The molecule has 2 fully saturated rings. The number of aromatic nitrogens is 2. The van der Waals surface area contributed by atoms with Crippen LogP contribution in [0.1, 0.15) is 18.5 Å². The van der Waals surface area contributed by atoms with Crippen LogP contribution in [-0.2, 0) is 13.5 Å². The minimum Gasteiger partial charge on any atom is -0.314 e. The minimum absolute atomic E-state index is 0.789. The average molecular weight is 234 g/mol. The first-order chi connectivity index (χ1) is 8.34. The summed E-state index contributed by atoms with van der Waals surface area (Å²) in [5.41, 5.74) is 1.35. The Balaban J connectivity index is 1.57. The molecule has 2 aliphatic rings. The molecule has 1 aliphatic heterocycles. The van der Waals surface area contributed by atoms with Crippen molar-refractivity contribution in [1.82, 2.24) is 20.0 Å². The Kier molecular flexibility index (Phi) is 3.16. The Labute approximate surface area is 103 Å². The van der Waals surface area contributed by atoms with E-state index in [1.54, 1.807) is 0 Å². The van der Waals surface area contributed by atoms with E-state index in [1.165, 1.54) is 38.2 Å². The van der Waals surface area contributed by atoms with Crippen molar-refractivity contribution in [2.45, 2.75) is 25.3 Å². The molecule has 0 aromatic carbocycles. The van der Waals surface area contributed by atoms with Gasteiger partial charge in [-0.05, 0) is 24.8 Å². The molecule has 1 aliphatic carbocycles.